The van der Waals surface area contributed by atoms with Gasteiger partial charge in [0.05, 0.1) is 12.2 Å². The van der Waals surface area contributed by atoms with Gasteiger partial charge < -0.3 is 10.2 Å². The van der Waals surface area contributed by atoms with Crippen LogP contribution in [0.3, 0.4) is 0 Å². The zero-order valence-corrected chi connectivity index (χ0v) is 38.3. The first-order valence-electron chi connectivity index (χ1n) is 24.5. The molecule has 0 aromatic heterocycles. The summed E-state index contributed by atoms with van der Waals surface area (Å²) in [5.74, 6) is 8.98. The molecule has 0 aliphatic heterocycles. The van der Waals surface area contributed by atoms with Crippen LogP contribution in [0.1, 0.15) is 198 Å². The fraction of sp³-hybridized carbons (Fsp3) is 0.852. The predicted molar refractivity (Wildman–Crippen MR) is 238 cm³/mol. The number of fused-ring (bicyclic) bond motifs is 10. The number of hydrogen-bond donors (Lipinski definition) is 2. The molecule has 0 aromatic rings. The summed E-state index contributed by atoms with van der Waals surface area (Å²) in [7, 11) is 0. The van der Waals surface area contributed by atoms with Crippen LogP contribution >= 0.6 is 0 Å². The molecule has 316 valence electrons. The molecule has 0 saturated heterocycles. The van der Waals surface area contributed by atoms with E-state index in [1.165, 1.54) is 114 Å². The highest BCUT2D eigenvalue weighted by Crippen LogP contribution is 2.69. The second kappa shape index (κ2) is 16.7. The Morgan fingerprint density at radius 2 is 0.964 bits per heavy atom. The van der Waals surface area contributed by atoms with Gasteiger partial charge in [0.1, 0.15) is 0 Å². The summed E-state index contributed by atoms with van der Waals surface area (Å²) < 4.78 is 0. The van der Waals surface area contributed by atoms with Crippen molar-refractivity contribution in [2.75, 3.05) is 0 Å². The molecule has 0 aromatic carbocycles. The molecule has 16 atom stereocenters. The smallest absolute Gasteiger partial charge is 0.0577 e. The Kier molecular flexibility index (Phi) is 12.8. The Balaban J connectivity index is 0.000000172. The lowest BCUT2D eigenvalue weighted by Crippen LogP contribution is -2.50. The van der Waals surface area contributed by atoms with Gasteiger partial charge >= 0.3 is 0 Å². The third-order valence-corrected chi connectivity index (χ3v) is 20.0. The highest BCUT2D eigenvalue weighted by molar-refractivity contribution is 5.27. The van der Waals surface area contributed by atoms with Crippen LogP contribution in [0.5, 0.6) is 0 Å². The molecule has 8 aliphatic rings. The van der Waals surface area contributed by atoms with E-state index in [1.807, 2.05) is 0 Å². The van der Waals surface area contributed by atoms with Crippen LogP contribution in [0.4, 0.5) is 0 Å². The highest BCUT2D eigenvalue weighted by Gasteiger charge is 2.60. The SMILES string of the molecule is CC(C)=CCC[C@@H](C)[C@H]1CC[C@H]2[C@@H]3CC=C4CC(O)CC[C@]4(C)[C@H]3CC[C@]12C.CC(C)=CCC[C@@H](C)[C@H]1CC[C@H]2[C@@H]3CC=C4C[C@@H](O)CC[C@]4(C)[C@H]3CC[C@]12C. The van der Waals surface area contributed by atoms with E-state index in [2.05, 4.69) is 93.5 Å². The number of allylic oxidation sites excluding steroid dienone is 6. The van der Waals surface area contributed by atoms with Crippen molar-refractivity contribution in [1.29, 1.82) is 0 Å². The predicted octanol–water partition coefficient (Wildman–Crippen LogP) is 14.6. The first kappa shape index (κ1) is 43.0. The van der Waals surface area contributed by atoms with Crippen molar-refractivity contribution in [2.45, 2.75) is 210 Å². The Hall–Kier alpha value is -1.12. The van der Waals surface area contributed by atoms with Crippen LogP contribution in [0.25, 0.3) is 0 Å². The van der Waals surface area contributed by atoms with Gasteiger partial charge in [-0.05, 0) is 237 Å². The first-order valence-corrected chi connectivity index (χ1v) is 24.5. The average Bonchev–Trinajstić information content (AvgIpc) is 3.69. The van der Waals surface area contributed by atoms with Gasteiger partial charge in [0.25, 0.3) is 0 Å². The van der Waals surface area contributed by atoms with Gasteiger partial charge in [-0.2, -0.15) is 0 Å². The van der Waals surface area contributed by atoms with Gasteiger partial charge in [-0.15, -0.1) is 0 Å². The second-order valence-corrected chi connectivity index (χ2v) is 23.4. The maximum Gasteiger partial charge on any atom is 0.0577 e. The largest absolute Gasteiger partial charge is 0.393 e. The van der Waals surface area contributed by atoms with Gasteiger partial charge in [0.2, 0.25) is 0 Å². The lowest BCUT2D eigenvalue weighted by Gasteiger charge is -2.58. The summed E-state index contributed by atoms with van der Waals surface area (Å²) in [5.41, 5.74) is 8.08. The van der Waals surface area contributed by atoms with Crippen LogP contribution in [0.15, 0.2) is 46.6 Å². The molecule has 0 radical (unpaired) electrons. The van der Waals surface area contributed by atoms with Crippen molar-refractivity contribution in [3.8, 4) is 0 Å². The van der Waals surface area contributed by atoms with Gasteiger partial charge in [-0.3, -0.25) is 0 Å². The molecule has 2 nitrogen and oxygen atoms in total. The molecule has 8 rings (SSSR count). The van der Waals surface area contributed by atoms with E-state index in [-0.39, 0.29) is 12.2 Å². The fourth-order valence-corrected chi connectivity index (χ4v) is 16.9. The molecule has 0 amide bonds. The average molecular weight is 769 g/mol. The van der Waals surface area contributed by atoms with E-state index < -0.39 is 0 Å². The van der Waals surface area contributed by atoms with Crippen LogP contribution in [-0.2, 0) is 0 Å². The van der Waals surface area contributed by atoms with Crippen molar-refractivity contribution in [2.24, 2.45) is 80.8 Å². The quantitative estimate of drug-likeness (QED) is 0.241. The van der Waals surface area contributed by atoms with Crippen LogP contribution in [0, 0.1) is 80.8 Å². The summed E-state index contributed by atoms with van der Waals surface area (Å²) in [4.78, 5) is 0. The number of aliphatic hydroxyl groups excluding tert-OH is 2. The number of rotatable bonds is 8. The van der Waals surface area contributed by atoms with E-state index in [1.54, 1.807) is 11.1 Å². The minimum atomic E-state index is -0.0813. The highest BCUT2D eigenvalue weighted by atomic mass is 16.3. The Bertz CT molecular complexity index is 1390. The molecule has 8 aliphatic carbocycles. The van der Waals surface area contributed by atoms with Crippen LogP contribution in [-0.4, -0.2) is 22.4 Å². The Morgan fingerprint density at radius 1 is 0.571 bits per heavy atom. The van der Waals surface area contributed by atoms with Gasteiger partial charge in [0.15, 0.2) is 0 Å². The van der Waals surface area contributed by atoms with Gasteiger partial charge in [0, 0.05) is 0 Å². The maximum absolute atomic E-state index is 10.2. The lowest BCUT2D eigenvalue weighted by atomic mass is 9.47. The van der Waals surface area contributed by atoms with Crippen molar-refractivity contribution in [3.63, 3.8) is 0 Å². The Morgan fingerprint density at radius 3 is 1.34 bits per heavy atom. The van der Waals surface area contributed by atoms with Crippen LogP contribution < -0.4 is 0 Å². The lowest BCUT2D eigenvalue weighted by molar-refractivity contribution is -0.0571. The maximum atomic E-state index is 10.2. The van der Waals surface area contributed by atoms with E-state index in [9.17, 15) is 10.2 Å². The number of aliphatic hydroxyl groups is 2. The molecule has 6 fully saturated rings. The molecule has 2 heteroatoms. The van der Waals surface area contributed by atoms with Crippen molar-refractivity contribution in [1.82, 2.24) is 0 Å². The zero-order valence-electron chi connectivity index (χ0n) is 38.3. The zero-order chi connectivity index (χ0) is 40.2. The molecular weight excluding hydrogens is 681 g/mol. The van der Waals surface area contributed by atoms with Crippen molar-refractivity contribution < 1.29 is 10.2 Å². The first-order chi connectivity index (χ1) is 26.5. The molecular formula is C54H88O2. The molecule has 6 saturated carbocycles. The summed E-state index contributed by atoms with van der Waals surface area (Å²) in [6.45, 7) is 24.5. The normalized spacial score (nSPS) is 46.1. The van der Waals surface area contributed by atoms with E-state index >= 15 is 0 Å². The summed E-state index contributed by atoms with van der Waals surface area (Å²) in [6.07, 6.45) is 35.7. The summed E-state index contributed by atoms with van der Waals surface area (Å²) >= 11 is 0. The third-order valence-electron chi connectivity index (χ3n) is 20.0. The van der Waals surface area contributed by atoms with Gasteiger partial charge in [-0.25, -0.2) is 0 Å². The second-order valence-electron chi connectivity index (χ2n) is 23.4. The van der Waals surface area contributed by atoms with Gasteiger partial charge in [-0.1, -0.05) is 88.1 Å². The van der Waals surface area contributed by atoms with E-state index in [4.69, 9.17) is 0 Å². The molecule has 0 heterocycles. The molecule has 0 bridgehead atoms. The molecule has 0 spiro atoms. The number of hydrogen-bond acceptors (Lipinski definition) is 2. The molecule has 1 unspecified atom stereocenters. The topological polar surface area (TPSA) is 40.5 Å². The third kappa shape index (κ3) is 7.82. The van der Waals surface area contributed by atoms with Crippen molar-refractivity contribution >= 4 is 0 Å². The molecule has 2 N–H and O–H groups in total. The minimum absolute atomic E-state index is 0.0813. The monoisotopic (exact) mass is 769 g/mol. The summed E-state index contributed by atoms with van der Waals surface area (Å²) in [5, 5.41) is 20.4. The Labute approximate surface area is 346 Å². The van der Waals surface area contributed by atoms with E-state index in [0.717, 1.165) is 84.9 Å². The fourth-order valence-electron chi connectivity index (χ4n) is 16.9. The van der Waals surface area contributed by atoms with E-state index in [0.29, 0.717) is 21.7 Å². The van der Waals surface area contributed by atoms with Crippen LogP contribution in [0.2, 0.25) is 0 Å². The minimum Gasteiger partial charge on any atom is -0.393 e. The van der Waals surface area contributed by atoms with Crippen molar-refractivity contribution in [3.05, 3.63) is 46.6 Å². The standard InChI is InChI=1S/2C27H44O/c2*1-18(2)7-6-8-19(3)23-11-12-24-22-10-9-20-17-21(28)13-15-26(20,4)25(22)14-16-27(23,24)5/h2*7,9,19,21-25,28H,6,8,10-17H2,1-5H3/t19-,21?,22+,23-,24+,25+,26+,27-;19-,21+,22+,23-,24+,25+,26+,27-/m11/s1. The summed E-state index contributed by atoms with van der Waals surface area (Å²) in [6, 6.07) is 0. The molecule has 56 heavy (non-hydrogen) atoms.